The highest BCUT2D eigenvalue weighted by atomic mass is 35.5. The van der Waals surface area contributed by atoms with E-state index in [0.717, 1.165) is 6.07 Å². The van der Waals surface area contributed by atoms with Crippen molar-refractivity contribution in [2.75, 3.05) is 18.5 Å². The average molecular weight is 471 g/mol. The Morgan fingerprint density at radius 1 is 1.19 bits per heavy atom. The summed E-state index contributed by atoms with van der Waals surface area (Å²) in [5.74, 6) is -6.03. The SMILES string of the molecule is CCOc1ccc(Cl)cc1/C=C1/SC(=O)N(CC(=O)Nc2ccc(F)c(F)c2F)C1=O. The molecule has 3 amide bonds. The molecule has 31 heavy (non-hydrogen) atoms. The molecule has 1 N–H and O–H groups in total. The van der Waals surface area contributed by atoms with Crippen LogP contribution < -0.4 is 10.1 Å². The van der Waals surface area contributed by atoms with Crippen molar-refractivity contribution in [3.63, 3.8) is 0 Å². The Morgan fingerprint density at radius 2 is 1.94 bits per heavy atom. The minimum absolute atomic E-state index is 0.0278. The Bertz CT molecular complexity index is 1110. The third kappa shape index (κ3) is 5.02. The number of nitrogens with one attached hydrogen (secondary N) is 1. The fraction of sp³-hybridized carbons (Fsp3) is 0.150. The number of halogens is 4. The largest absolute Gasteiger partial charge is 0.493 e. The lowest BCUT2D eigenvalue weighted by molar-refractivity contribution is -0.127. The quantitative estimate of drug-likeness (QED) is 0.483. The van der Waals surface area contributed by atoms with Crippen LogP contribution >= 0.6 is 23.4 Å². The highest BCUT2D eigenvalue weighted by molar-refractivity contribution is 8.18. The van der Waals surface area contributed by atoms with Gasteiger partial charge in [-0.3, -0.25) is 19.3 Å². The average Bonchev–Trinajstić information content (AvgIpc) is 2.98. The van der Waals surface area contributed by atoms with Crippen LogP contribution in [0.2, 0.25) is 5.02 Å². The summed E-state index contributed by atoms with van der Waals surface area (Å²) in [4.78, 5) is 37.7. The first-order valence-electron chi connectivity index (χ1n) is 8.82. The van der Waals surface area contributed by atoms with Gasteiger partial charge >= 0.3 is 0 Å². The number of carbonyl (C=O) groups excluding carboxylic acids is 3. The second-order valence-corrected chi connectivity index (χ2v) is 7.58. The first-order valence-corrected chi connectivity index (χ1v) is 10.0. The number of carbonyl (C=O) groups is 3. The zero-order chi connectivity index (χ0) is 22.7. The second kappa shape index (κ2) is 9.44. The topological polar surface area (TPSA) is 75.7 Å². The molecule has 162 valence electrons. The van der Waals surface area contributed by atoms with E-state index in [0.29, 0.717) is 45.7 Å². The van der Waals surface area contributed by atoms with Crippen LogP contribution in [0.5, 0.6) is 5.75 Å². The summed E-state index contributed by atoms with van der Waals surface area (Å²) in [7, 11) is 0. The van der Waals surface area contributed by atoms with Crippen molar-refractivity contribution in [2.24, 2.45) is 0 Å². The van der Waals surface area contributed by atoms with Gasteiger partial charge in [-0.1, -0.05) is 11.6 Å². The van der Waals surface area contributed by atoms with Gasteiger partial charge in [-0.15, -0.1) is 0 Å². The molecule has 0 aliphatic carbocycles. The molecule has 0 saturated carbocycles. The van der Waals surface area contributed by atoms with Gasteiger partial charge in [0.05, 0.1) is 17.2 Å². The van der Waals surface area contributed by atoms with Gasteiger partial charge < -0.3 is 10.1 Å². The van der Waals surface area contributed by atoms with Crippen molar-refractivity contribution >= 4 is 52.2 Å². The molecule has 3 rings (SSSR count). The highest BCUT2D eigenvalue weighted by Gasteiger charge is 2.36. The summed E-state index contributed by atoms with van der Waals surface area (Å²) < 4.78 is 45.5. The van der Waals surface area contributed by atoms with Gasteiger partial charge in [-0.25, -0.2) is 13.2 Å². The molecule has 1 fully saturated rings. The maximum absolute atomic E-state index is 13.7. The number of ether oxygens (including phenoxy) is 1. The first-order chi connectivity index (χ1) is 14.7. The Kier molecular flexibility index (Phi) is 6.91. The molecule has 0 aromatic heterocycles. The fourth-order valence-electron chi connectivity index (χ4n) is 2.65. The van der Waals surface area contributed by atoms with Gasteiger partial charge in [0.25, 0.3) is 11.1 Å². The van der Waals surface area contributed by atoms with Crippen LogP contribution in [0.15, 0.2) is 35.2 Å². The van der Waals surface area contributed by atoms with Gasteiger partial charge in [-0.2, -0.15) is 0 Å². The Balaban J connectivity index is 1.77. The van der Waals surface area contributed by atoms with E-state index in [1.54, 1.807) is 25.1 Å². The zero-order valence-electron chi connectivity index (χ0n) is 15.9. The summed E-state index contributed by atoms with van der Waals surface area (Å²) in [6.07, 6.45) is 1.41. The number of rotatable bonds is 6. The first kappa shape index (κ1) is 22.7. The number of benzene rings is 2. The molecule has 2 aromatic rings. The minimum atomic E-state index is -1.75. The van der Waals surface area contributed by atoms with Crippen molar-refractivity contribution in [2.45, 2.75) is 6.92 Å². The van der Waals surface area contributed by atoms with Crippen molar-refractivity contribution < 1.29 is 32.3 Å². The van der Waals surface area contributed by atoms with E-state index in [-0.39, 0.29) is 4.91 Å². The number of nitrogens with zero attached hydrogens (tertiary/aromatic N) is 1. The molecule has 0 atom stereocenters. The molecule has 0 radical (unpaired) electrons. The van der Waals surface area contributed by atoms with Crippen LogP contribution in [0.25, 0.3) is 6.08 Å². The van der Waals surface area contributed by atoms with Gasteiger partial charge in [0.2, 0.25) is 5.91 Å². The predicted molar refractivity (Wildman–Crippen MR) is 110 cm³/mol. The molecule has 0 unspecified atom stereocenters. The number of hydrogen-bond acceptors (Lipinski definition) is 5. The van der Waals surface area contributed by atoms with Crippen LogP contribution in [0, 0.1) is 17.5 Å². The fourth-order valence-corrected chi connectivity index (χ4v) is 3.66. The van der Waals surface area contributed by atoms with Crippen LogP contribution in [-0.4, -0.2) is 35.1 Å². The summed E-state index contributed by atoms with van der Waals surface area (Å²) in [6.45, 7) is 1.40. The molecule has 6 nitrogen and oxygen atoms in total. The molecule has 1 heterocycles. The summed E-state index contributed by atoms with van der Waals surface area (Å²) in [5.41, 5.74) is -0.153. The molecule has 1 aliphatic heterocycles. The van der Waals surface area contributed by atoms with E-state index < -0.39 is 46.7 Å². The third-order valence-electron chi connectivity index (χ3n) is 4.04. The standard InChI is InChI=1S/C20H14ClF3N2O4S/c1-2-30-14-6-3-11(21)7-10(14)8-15-19(28)26(20(29)31-15)9-16(27)25-13-5-4-12(22)17(23)18(13)24/h3-8H,2,9H2,1H3,(H,25,27)/b15-8+. The van der Waals surface area contributed by atoms with Crippen molar-refractivity contribution in [3.8, 4) is 5.75 Å². The van der Waals surface area contributed by atoms with Crippen molar-refractivity contribution in [1.29, 1.82) is 0 Å². The molecule has 11 heteroatoms. The Morgan fingerprint density at radius 3 is 2.65 bits per heavy atom. The van der Waals surface area contributed by atoms with Gasteiger partial charge in [0, 0.05) is 10.6 Å². The normalized spacial score (nSPS) is 15.0. The van der Waals surface area contributed by atoms with E-state index in [9.17, 15) is 27.6 Å². The summed E-state index contributed by atoms with van der Waals surface area (Å²) >= 11 is 6.59. The Hall–Kier alpha value is -2.98. The molecular formula is C20H14ClF3N2O4S. The van der Waals surface area contributed by atoms with E-state index in [4.69, 9.17) is 16.3 Å². The van der Waals surface area contributed by atoms with Crippen molar-refractivity contribution in [3.05, 3.63) is 63.3 Å². The molecular weight excluding hydrogens is 457 g/mol. The number of anilines is 1. The minimum Gasteiger partial charge on any atom is -0.493 e. The van der Waals surface area contributed by atoms with E-state index >= 15 is 0 Å². The Labute approximate surface area is 184 Å². The van der Waals surface area contributed by atoms with Crippen LogP contribution in [0.4, 0.5) is 23.7 Å². The van der Waals surface area contributed by atoms with Gasteiger partial charge in [0.1, 0.15) is 12.3 Å². The lowest BCUT2D eigenvalue weighted by Crippen LogP contribution is -2.36. The second-order valence-electron chi connectivity index (χ2n) is 6.15. The van der Waals surface area contributed by atoms with Crippen LogP contribution in [-0.2, 0) is 9.59 Å². The molecule has 0 spiro atoms. The van der Waals surface area contributed by atoms with Crippen LogP contribution in [0.3, 0.4) is 0 Å². The summed E-state index contributed by atoms with van der Waals surface area (Å²) in [5, 5.41) is 1.68. The van der Waals surface area contributed by atoms with E-state index in [2.05, 4.69) is 0 Å². The maximum atomic E-state index is 13.7. The maximum Gasteiger partial charge on any atom is 0.294 e. The number of hydrogen-bond donors (Lipinski definition) is 1. The van der Waals surface area contributed by atoms with E-state index in [1.807, 2.05) is 5.32 Å². The molecule has 1 aliphatic rings. The third-order valence-corrected chi connectivity index (χ3v) is 5.19. The van der Waals surface area contributed by atoms with Gasteiger partial charge in [-0.05, 0) is 55.1 Å². The molecule has 1 saturated heterocycles. The number of imide groups is 1. The summed E-state index contributed by atoms with van der Waals surface area (Å²) in [6, 6.07) is 6.24. The number of thioether (sulfide) groups is 1. The number of amides is 3. The lowest BCUT2D eigenvalue weighted by atomic mass is 10.2. The molecule has 0 bridgehead atoms. The smallest absolute Gasteiger partial charge is 0.294 e. The predicted octanol–water partition coefficient (Wildman–Crippen LogP) is 4.83. The molecule has 2 aromatic carbocycles. The lowest BCUT2D eigenvalue weighted by Gasteiger charge is -2.13. The highest BCUT2D eigenvalue weighted by Crippen LogP contribution is 2.34. The monoisotopic (exact) mass is 470 g/mol. The zero-order valence-corrected chi connectivity index (χ0v) is 17.5. The van der Waals surface area contributed by atoms with Crippen LogP contribution in [0.1, 0.15) is 12.5 Å². The van der Waals surface area contributed by atoms with Gasteiger partial charge in [0.15, 0.2) is 17.5 Å². The van der Waals surface area contributed by atoms with E-state index in [1.165, 1.54) is 6.08 Å². The van der Waals surface area contributed by atoms with Crippen molar-refractivity contribution in [1.82, 2.24) is 4.90 Å².